The summed E-state index contributed by atoms with van der Waals surface area (Å²) in [7, 11) is 0. The molecule has 2 N–H and O–H groups in total. The highest BCUT2D eigenvalue weighted by atomic mass is 16.5. The van der Waals surface area contributed by atoms with Gasteiger partial charge >= 0.3 is 0 Å². The van der Waals surface area contributed by atoms with Crippen LogP contribution in [0.5, 0.6) is 5.88 Å². The van der Waals surface area contributed by atoms with Crippen molar-refractivity contribution in [1.29, 1.82) is 0 Å². The summed E-state index contributed by atoms with van der Waals surface area (Å²) in [6.07, 6.45) is 3.68. The molecule has 0 aliphatic carbocycles. The first-order chi connectivity index (χ1) is 9.85. The highest BCUT2D eigenvalue weighted by Gasteiger charge is 2.10. The number of rotatable bonds is 9. The van der Waals surface area contributed by atoms with E-state index in [4.69, 9.17) is 9.47 Å². The lowest BCUT2D eigenvalue weighted by Gasteiger charge is -2.09. The Kier molecular flexibility index (Phi) is 5.55. The van der Waals surface area contributed by atoms with Crippen molar-refractivity contribution >= 4 is 17.0 Å². The zero-order chi connectivity index (χ0) is 14.2. The maximum Gasteiger partial charge on any atom is 0.229 e. The van der Waals surface area contributed by atoms with Gasteiger partial charge < -0.3 is 14.8 Å². The zero-order valence-corrected chi connectivity index (χ0v) is 12.0. The first kappa shape index (κ1) is 14.5. The van der Waals surface area contributed by atoms with Gasteiger partial charge in [-0.1, -0.05) is 13.8 Å². The van der Waals surface area contributed by atoms with E-state index in [9.17, 15) is 0 Å². The van der Waals surface area contributed by atoms with Crippen LogP contribution in [-0.2, 0) is 4.74 Å². The molecule has 20 heavy (non-hydrogen) atoms. The van der Waals surface area contributed by atoms with Crippen molar-refractivity contribution in [2.75, 3.05) is 31.7 Å². The average molecular weight is 279 g/mol. The van der Waals surface area contributed by atoms with E-state index in [-0.39, 0.29) is 0 Å². The van der Waals surface area contributed by atoms with Crippen molar-refractivity contribution < 1.29 is 9.47 Å². The van der Waals surface area contributed by atoms with Crippen LogP contribution in [-0.4, -0.2) is 46.5 Å². The molecule has 0 spiro atoms. The van der Waals surface area contributed by atoms with Crippen LogP contribution in [0.3, 0.4) is 0 Å². The summed E-state index contributed by atoms with van der Waals surface area (Å²) in [5.41, 5.74) is 0.670. The molecular formula is C13H21N5O2. The molecule has 0 aromatic carbocycles. The van der Waals surface area contributed by atoms with E-state index in [0.717, 1.165) is 31.4 Å². The van der Waals surface area contributed by atoms with Crippen LogP contribution >= 0.6 is 0 Å². The van der Waals surface area contributed by atoms with E-state index < -0.39 is 0 Å². The van der Waals surface area contributed by atoms with Crippen molar-refractivity contribution in [3.05, 3.63) is 6.20 Å². The van der Waals surface area contributed by atoms with Gasteiger partial charge in [0.15, 0.2) is 5.65 Å². The monoisotopic (exact) mass is 279 g/mol. The minimum atomic E-state index is 0.463. The first-order valence-electron chi connectivity index (χ1n) is 7.00. The maximum absolute atomic E-state index is 5.67. The summed E-state index contributed by atoms with van der Waals surface area (Å²) < 4.78 is 11.1. The molecule has 0 saturated carbocycles. The fourth-order valence-corrected chi connectivity index (χ4v) is 1.68. The van der Waals surface area contributed by atoms with Crippen LogP contribution in [0.15, 0.2) is 6.20 Å². The van der Waals surface area contributed by atoms with Crippen molar-refractivity contribution in [2.24, 2.45) is 0 Å². The Morgan fingerprint density at radius 1 is 1.15 bits per heavy atom. The zero-order valence-electron chi connectivity index (χ0n) is 12.0. The maximum atomic E-state index is 5.67. The van der Waals surface area contributed by atoms with Crippen LogP contribution < -0.4 is 10.1 Å². The molecule has 0 radical (unpaired) electrons. The van der Waals surface area contributed by atoms with E-state index in [1.165, 1.54) is 0 Å². The Morgan fingerprint density at radius 3 is 2.85 bits per heavy atom. The lowest BCUT2D eigenvalue weighted by atomic mass is 10.4. The van der Waals surface area contributed by atoms with Gasteiger partial charge in [-0.3, -0.25) is 5.10 Å². The quantitative estimate of drug-likeness (QED) is 0.683. The number of anilines is 1. The Bertz CT molecular complexity index is 528. The number of fused-ring (bicyclic) bond motifs is 1. The standard InChI is InChI=1S/C13H21N5O2/c1-3-5-14-13-16-11-10(9-15-18-11)12(17-13)20-8-7-19-6-4-2/h9H,3-8H2,1-2H3,(H2,14,15,16,17,18). The molecule has 0 aliphatic rings. The Hall–Kier alpha value is -1.89. The molecular weight excluding hydrogens is 258 g/mol. The van der Waals surface area contributed by atoms with Gasteiger partial charge in [0, 0.05) is 13.2 Å². The van der Waals surface area contributed by atoms with Crippen LogP contribution in [0.4, 0.5) is 5.95 Å². The van der Waals surface area contributed by atoms with Gasteiger partial charge in [0.05, 0.1) is 12.8 Å². The van der Waals surface area contributed by atoms with Gasteiger partial charge in [0.25, 0.3) is 0 Å². The number of aromatic nitrogens is 4. The third kappa shape index (κ3) is 3.80. The Morgan fingerprint density at radius 2 is 2.05 bits per heavy atom. The van der Waals surface area contributed by atoms with E-state index in [1.54, 1.807) is 6.20 Å². The van der Waals surface area contributed by atoms with Gasteiger partial charge in [-0.15, -0.1) is 0 Å². The fourth-order valence-electron chi connectivity index (χ4n) is 1.68. The minimum Gasteiger partial charge on any atom is -0.475 e. The Balaban J connectivity index is 2.03. The third-order valence-corrected chi connectivity index (χ3v) is 2.62. The molecule has 2 aromatic rings. The molecule has 0 bridgehead atoms. The molecule has 110 valence electrons. The van der Waals surface area contributed by atoms with Crippen molar-refractivity contribution in [3.8, 4) is 5.88 Å². The van der Waals surface area contributed by atoms with E-state index in [1.807, 2.05) is 0 Å². The summed E-state index contributed by atoms with van der Waals surface area (Å²) in [4.78, 5) is 8.71. The Labute approximate surface area is 118 Å². The van der Waals surface area contributed by atoms with E-state index in [0.29, 0.717) is 30.7 Å². The number of nitrogens with one attached hydrogen (secondary N) is 2. The molecule has 0 fully saturated rings. The van der Waals surface area contributed by atoms with Gasteiger partial charge in [0.2, 0.25) is 11.8 Å². The molecule has 0 atom stereocenters. The van der Waals surface area contributed by atoms with Gasteiger partial charge in [-0.05, 0) is 12.8 Å². The van der Waals surface area contributed by atoms with Crippen molar-refractivity contribution in [3.63, 3.8) is 0 Å². The number of hydrogen-bond donors (Lipinski definition) is 2. The van der Waals surface area contributed by atoms with Gasteiger partial charge in [0.1, 0.15) is 12.0 Å². The smallest absolute Gasteiger partial charge is 0.229 e. The molecule has 7 heteroatoms. The lowest BCUT2D eigenvalue weighted by Crippen LogP contribution is -2.10. The molecule has 2 rings (SSSR count). The molecule has 0 amide bonds. The second kappa shape index (κ2) is 7.64. The molecule has 0 unspecified atom stereocenters. The fraction of sp³-hybridized carbons (Fsp3) is 0.615. The normalized spacial score (nSPS) is 10.9. The number of ether oxygens (including phenoxy) is 2. The first-order valence-corrected chi connectivity index (χ1v) is 7.00. The molecule has 7 nitrogen and oxygen atoms in total. The number of nitrogens with zero attached hydrogens (tertiary/aromatic N) is 3. The van der Waals surface area contributed by atoms with Crippen molar-refractivity contribution in [1.82, 2.24) is 20.2 Å². The summed E-state index contributed by atoms with van der Waals surface area (Å²) >= 11 is 0. The highest BCUT2D eigenvalue weighted by Crippen LogP contribution is 2.21. The average Bonchev–Trinajstić information content (AvgIpc) is 2.93. The third-order valence-electron chi connectivity index (χ3n) is 2.62. The van der Waals surface area contributed by atoms with E-state index >= 15 is 0 Å². The summed E-state index contributed by atoms with van der Waals surface area (Å²) in [5.74, 6) is 1.08. The highest BCUT2D eigenvalue weighted by molar-refractivity contribution is 5.80. The summed E-state index contributed by atoms with van der Waals surface area (Å²) in [6.45, 7) is 6.74. The second-order valence-corrected chi connectivity index (χ2v) is 4.37. The second-order valence-electron chi connectivity index (χ2n) is 4.37. The van der Waals surface area contributed by atoms with Crippen LogP contribution in [0, 0.1) is 0 Å². The topological polar surface area (TPSA) is 85.0 Å². The van der Waals surface area contributed by atoms with Crippen LogP contribution in [0.2, 0.25) is 0 Å². The van der Waals surface area contributed by atoms with Crippen LogP contribution in [0.25, 0.3) is 11.0 Å². The molecule has 2 heterocycles. The summed E-state index contributed by atoms with van der Waals surface area (Å²) in [5, 5.41) is 10.7. The lowest BCUT2D eigenvalue weighted by molar-refractivity contribution is 0.0996. The predicted octanol–water partition coefficient (Wildman–Crippen LogP) is 1.98. The largest absolute Gasteiger partial charge is 0.475 e. The number of aromatic amines is 1. The minimum absolute atomic E-state index is 0.463. The van der Waals surface area contributed by atoms with Gasteiger partial charge in [-0.25, -0.2) is 0 Å². The summed E-state index contributed by atoms with van der Waals surface area (Å²) in [6, 6.07) is 0. The SMILES string of the molecule is CCCNc1nc(OCCOCCC)c2cn[nH]c2n1. The predicted molar refractivity (Wildman–Crippen MR) is 77.1 cm³/mol. The molecule has 2 aromatic heterocycles. The van der Waals surface area contributed by atoms with E-state index in [2.05, 4.69) is 39.3 Å². The number of hydrogen-bond acceptors (Lipinski definition) is 6. The van der Waals surface area contributed by atoms with Crippen molar-refractivity contribution in [2.45, 2.75) is 26.7 Å². The number of H-pyrrole nitrogens is 1. The molecule has 0 aliphatic heterocycles. The van der Waals surface area contributed by atoms with Gasteiger partial charge in [-0.2, -0.15) is 15.1 Å². The van der Waals surface area contributed by atoms with Crippen LogP contribution in [0.1, 0.15) is 26.7 Å². The molecule has 0 saturated heterocycles.